The summed E-state index contributed by atoms with van der Waals surface area (Å²) in [7, 11) is 0. The maximum atomic E-state index is 13.7. The zero-order valence-electron chi connectivity index (χ0n) is 12.6. The molecule has 0 saturated heterocycles. The minimum absolute atomic E-state index is 0.261. The van der Waals surface area contributed by atoms with Gasteiger partial charge in [0.15, 0.2) is 0 Å². The Balaban J connectivity index is 3.13. The minimum atomic E-state index is -1.45. The number of hydrogen-bond acceptors (Lipinski definition) is 3. The Morgan fingerprint density at radius 2 is 2.10 bits per heavy atom. The lowest BCUT2D eigenvalue weighted by Crippen LogP contribution is -2.38. The third-order valence-corrected chi connectivity index (χ3v) is 3.58. The molecule has 0 aliphatic rings. The van der Waals surface area contributed by atoms with Crippen LogP contribution in [0, 0.1) is 18.7 Å². The molecule has 0 spiro atoms. The zero-order chi connectivity index (χ0) is 15.3. The summed E-state index contributed by atoms with van der Waals surface area (Å²) in [5.41, 5.74) is -0.545. The van der Waals surface area contributed by atoms with E-state index in [1.54, 1.807) is 26.0 Å². The molecular formula is C16H23FO3. The van der Waals surface area contributed by atoms with Crippen molar-refractivity contribution in [3.8, 4) is 0 Å². The summed E-state index contributed by atoms with van der Waals surface area (Å²) < 4.78 is 18.7. The van der Waals surface area contributed by atoms with Gasteiger partial charge in [0, 0.05) is 0 Å². The number of benzene rings is 1. The van der Waals surface area contributed by atoms with Gasteiger partial charge in [0.25, 0.3) is 0 Å². The van der Waals surface area contributed by atoms with E-state index in [-0.39, 0.29) is 12.4 Å². The molecule has 0 aliphatic carbocycles. The van der Waals surface area contributed by atoms with E-state index in [0.717, 1.165) is 6.42 Å². The molecule has 112 valence electrons. The van der Waals surface area contributed by atoms with Crippen LogP contribution in [0.3, 0.4) is 0 Å². The number of aliphatic hydroxyl groups is 1. The van der Waals surface area contributed by atoms with Crippen LogP contribution < -0.4 is 0 Å². The average molecular weight is 282 g/mol. The van der Waals surface area contributed by atoms with E-state index in [0.29, 0.717) is 17.5 Å². The second-order valence-corrected chi connectivity index (χ2v) is 5.20. The first-order valence-corrected chi connectivity index (χ1v) is 7.00. The van der Waals surface area contributed by atoms with E-state index in [1.807, 2.05) is 6.92 Å². The van der Waals surface area contributed by atoms with Gasteiger partial charge in [0.05, 0.1) is 12.5 Å². The molecule has 0 aliphatic heterocycles. The Morgan fingerprint density at radius 3 is 2.60 bits per heavy atom. The Kier molecular flexibility index (Phi) is 5.69. The predicted octanol–water partition coefficient (Wildman–Crippen LogP) is 3.32. The molecule has 0 saturated carbocycles. The largest absolute Gasteiger partial charge is 0.466 e. The highest BCUT2D eigenvalue weighted by Crippen LogP contribution is 2.34. The normalized spacial score (nSPS) is 15.5. The summed E-state index contributed by atoms with van der Waals surface area (Å²) in [4.78, 5) is 12.0. The van der Waals surface area contributed by atoms with Gasteiger partial charge in [0.2, 0.25) is 0 Å². The van der Waals surface area contributed by atoms with Crippen molar-refractivity contribution >= 4 is 5.97 Å². The second-order valence-electron chi connectivity index (χ2n) is 5.20. The average Bonchev–Trinajstić information content (AvgIpc) is 2.39. The summed E-state index contributed by atoms with van der Waals surface area (Å²) in [6.45, 7) is 7.10. The van der Waals surface area contributed by atoms with Crippen LogP contribution in [-0.2, 0) is 15.1 Å². The van der Waals surface area contributed by atoms with Crippen molar-refractivity contribution in [2.45, 2.75) is 46.1 Å². The van der Waals surface area contributed by atoms with Crippen LogP contribution in [-0.4, -0.2) is 17.7 Å². The highest BCUT2D eigenvalue weighted by molar-refractivity contribution is 5.74. The first-order chi connectivity index (χ1) is 9.34. The Labute approximate surface area is 119 Å². The number of hydrogen-bond donors (Lipinski definition) is 1. The summed E-state index contributed by atoms with van der Waals surface area (Å²) in [5, 5.41) is 10.7. The van der Waals surface area contributed by atoms with Gasteiger partial charge in [-0.25, -0.2) is 4.39 Å². The fourth-order valence-corrected chi connectivity index (χ4v) is 2.27. The first-order valence-electron chi connectivity index (χ1n) is 7.00. The van der Waals surface area contributed by atoms with E-state index in [2.05, 4.69) is 0 Å². The summed E-state index contributed by atoms with van der Waals surface area (Å²) in [6.07, 6.45) is 1.22. The molecule has 1 N–H and O–H groups in total. The zero-order valence-corrected chi connectivity index (χ0v) is 12.6. The molecule has 20 heavy (non-hydrogen) atoms. The molecule has 0 fully saturated rings. The number of aryl methyl sites for hydroxylation is 1. The smallest absolute Gasteiger partial charge is 0.312 e. The lowest BCUT2D eigenvalue weighted by Gasteiger charge is -2.31. The van der Waals surface area contributed by atoms with Crippen molar-refractivity contribution in [1.29, 1.82) is 0 Å². The molecule has 4 heteroatoms. The fourth-order valence-electron chi connectivity index (χ4n) is 2.27. The van der Waals surface area contributed by atoms with Gasteiger partial charge in [-0.15, -0.1) is 0 Å². The summed E-state index contributed by atoms with van der Waals surface area (Å²) in [5.74, 6) is -1.53. The molecule has 0 amide bonds. The van der Waals surface area contributed by atoms with Gasteiger partial charge in [-0.1, -0.05) is 25.5 Å². The molecule has 0 bridgehead atoms. The van der Waals surface area contributed by atoms with E-state index in [9.17, 15) is 14.3 Å². The van der Waals surface area contributed by atoms with Crippen molar-refractivity contribution in [3.63, 3.8) is 0 Å². The monoisotopic (exact) mass is 282 g/mol. The molecule has 1 rings (SSSR count). The highest BCUT2D eigenvalue weighted by Gasteiger charge is 2.39. The van der Waals surface area contributed by atoms with Gasteiger partial charge in [-0.05, 0) is 44.4 Å². The maximum absolute atomic E-state index is 13.7. The quantitative estimate of drug-likeness (QED) is 0.814. The van der Waals surface area contributed by atoms with Crippen LogP contribution in [0.4, 0.5) is 4.39 Å². The Morgan fingerprint density at radius 1 is 1.45 bits per heavy atom. The number of esters is 1. The molecule has 0 radical (unpaired) electrons. The van der Waals surface area contributed by atoms with E-state index in [4.69, 9.17) is 4.74 Å². The van der Waals surface area contributed by atoms with Crippen LogP contribution >= 0.6 is 0 Å². The number of halogens is 1. The Hall–Kier alpha value is -1.42. The molecule has 0 heterocycles. The Bertz CT molecular complexity index is 469. The van der Waals surface area contributed by atoms with Gasteiger partial charge >= 0.3 is 5.97 Å². The van der Waals surface area contributed by atoms with Gasteiger partial charge in [0.1, 0.15) is 11.4 Å². The van der Waals surface area contributed by atoms with Crippen molar-refractivity contribution in [1.82, 2.24) is 0 Å². The predicted molar refractivity (Wildman–Crippen MR) is 75.7 cm³/mol. The highest BCUT2D eigenvalue weighted by atomic mass is 19.1. The van der Waals surface area contributed by atoms with Crippen LogP contribution in [0.15, 0.2) is 18.2 Å². The van der Waals surface area contributed by atoms with Gasteiger partial charge in [-0.2, -0.15) is 0 Å². The number of rotatable bonds is 6. The van der Waals surface area contributed by atoms with E-state index >= 15 is 0 Å². The van der Waals surface area contributed by atoms with Crippen molar-refractivity contribution in [2.75, 3.05) is 6.61 Å². The SMILES string of the molecule is CCCC(C(=O)OCC)C(C)(O)c1ccc(C)c(F)c1. The molecular weight excluding hydrogens is 259 g/mol. The first kappa shape index (κ1) is 16.6. The van der Waals surface area contributed by atoms with Crippen LogP contribution in [0.1, 0.15) is 44.7 Å². The number of carbonyl (C=O) groups is 1. The molecule has 2 unspecified atom stereocenters. The van der Waals surface area contributed by atoms with Gasteiger partial charge < -0.3 is 9.84 Å². The second kappa shape index (κ2) is 6.84. The molecule has 3 nitrogen and oxygen atoms in total. The van der Waals surface area contributed by atoms with Crippen molar-refractivity contribution in [3.05, 3.63) is 35.1 Å². The lowest BCUT2D eigenvalue weighted by molar-refractivity contribution is -0.158. The van der Waals surface area contributed by atoms with Crippen molar-refractivity contribution in [2.24, 2.45) is 5.92 Å². The minimum Gasteiger partial charge on any atom is -0.466 e. The standard InChI is InChI=1S/C16H23FO3/c1-5-7-13(15(18)20-6-2)16(4,19)12-9-8-11(3)14(17)10-12/h8-10,13,19H,5-7H2,1-4H3. The fraction of sp³-hybridized carbons (Fsp3) is 0.562. The van der Waals surface area contributed by atoms with Crippen LogP contribution in [0.2, 0.25) is 0 Å². The maximum Gasteiger partial charge on any atom is 0.312 e. The third kappa shape index (κ3) is 3.57. The van der Waals surface area contributed by atoms with Crippen LogP contribution in [0.25, 0.3) is 0 Å². The lowest BCUT2D eigenvalue weighted by atomic mass is 9.80. The molecule has 2 atom stereocenters. The van der Waals surface area contributed by atoms with E-state index < -0.39 is 17.5 Å². The van der Waals surface area contributed by atoms with Gasteiger partial charge in [-0.3, -0.25) is 4.79 Å². The van der Waals surface area contributed by atoms with E-state index in [1.165, 1.54) is 13.0 Å². The number of carbonyl (C=O) groups excluding carboxylic acids is 1. The molecule has 1 aromatic rings. The van der Waals surface area contributed by atoms with Crippen molar-refractivity contribution < 1.29 is 19.0 Å². The molecule has 1 aromatic carbocycles. The van der Waals surface area contributed by atoms with Crippen LogP contribution in [0.5, 0.6) is 0 Å². The number of ether oxygens (including phenoxy) is 1. The summed E-state index contributed by atoms with van der Waals surface area (Å²) in [6, 6.07) is 4.55. The molecule has 0 aromatic heterocycles. The third-order valence-electron chi connectivity index (χ3n) is 3.58. The summed E-state index contributed by atoms with van der Waals surface area (Å²) >= 11 is 0. The topological polar surface area (TPSA) is 46.5 Å².